The Morgan fingerprint density at radius 1 is 1.00 bits per heavy atom. The van der Waals surface area contributed by atoms with Gasteiger partial charge in [-0.1, -0.05) is 78.5 Å². The van der Waals surface area contributed by atoms with Gasteiger partial charge >= 0.3 is 6.03 Å². The van der Waals surface area contributed by atoms with Crippen LogP contribution >= 0.6 is 11.6 Å². The number of carbonyl (C=O) groups is 6. The first-order valence-corrected chi connectivity index (χ1v) is 17.7. The average molecular weight is 704 g/mol. The van der Waals surface area contributed by atoms with Gasteiger partial charge in [-0.25, -0.2) is 4.79 Å². The Kier molecular flexibility index (Phi) is 14.3. The van der Waals surface area contributed by atoms with Gasteiger partial charge in [-0.3, -0.25) is 24.0 Å². The number of hydrogen-bond donors (Lipinski definition) is 4. The summed E-state index contributed by atoms with van der Waals surface area (Å²) in [6.45, 7) is 13.8. The van der Waals surface area contributed by atoms with Gasteiger partial charge in [0, 0.05) is 43.4 Å². The van der Waals surface area contributed by atoms with Crippen molar-refractivity contribution in [2.24, 2.45) is 23.0 Å². The van der Waals surface area contributed by atoms with E-state index in [0.717, 1.165) is 18.5 Å². The van der Waals surface area contributed by atoms with E-state index in [0.29, 0.717) is 44.0 Å². The van der Waals surface area contributed by atoms with Crippen molar-refractivity contribution in [3.63, 3.8) is 0 Å². The minimum Gasteiger partial charge on any atom is -0.368 e. The van der Waals surface area contributed by atoms with Gasteiger partial charge in [0.25, 0.3) is 5.91 Å². The van der Waals surface area contributed by atoms with E-state index in [9.17, 15) is 28.8 Å². The maximum absolute atomic E-state index is 13.9. The molecule has 0 bridgehead atoms. The van der Waals surface area contributed by atoms with Gasteiger partial charge in [-0.05, 0) is 48.3 Å². The summed E-state index contributed by atoms with van der Waals surface area (Å²) in [4.78, 5) is 82.6. The lowest BCUT2D eigenvalue weighted by atomic mass is 9.85. The first kappa shape index (κ1) is 39.6. The van der Waals surface area contributed by atoms with E-state index in [2.05, 4.69) is 34.7 Å². The first-order valence-electron chi connectivity index (χ1n) is 17.3. The highest BCUT2D eigenvalue weighted by Gasteiger charge is 2.45. The largest absolute Gasteiger partial charge is 0.368 e. The number of benzene rings is 1. The molecule has 0 spiro atoms. The predicted octanol–water partition coefficient (Wildman–Crippen LogP) is 2.70. The maximum Gasteiger partial charge on any atom is 0.315 e. The number of halogens is 1. The Morgan fingerprint density at radius 3 is 2.18 bits per heavy atom. The first-order chi connectivity index (χ1) is 23.0. The smallest absolute Gasteiger partial charge is 0.315 e. The van der Waals surface area contributed by atoms with Crippen molar-refractivity contribution in [3.05, 3.63) is 29.3 Å². The van der Waals surface area contributed by atoms with Crippen molar-refractivity contribution in [1.29, 1.82) is 0 Å². The quantitative estimate of drug-likeness (QED) is 0.256. The van der Waals surface area contributed by atoms with Crippen LogP contribution in [-0.2, 0) is 24.0 Å². The predicted molar refractivity (Wildman–Crippen MR) is 189 cm³/mol. The van der Waals surface area contributed by atoms with Gasteiger partial charge in [-0.2, -0.15) is 0 Å². The number of anilines is 1. The molecule has 4 atom stereocenters. The summed E-state index contributed by atoms with van der Waals surface area (Å²) in [6.07, 6.45) is 3.76. The zero-order valence-corrected chi connectivity index (χ0v) is 30.5. The molecular weight excluding hydrogens is 650 g/mol. The van der Waals surface area contributed by atoms with Gasteiger partial charge in [0.1, 0.15) is 12.1 Å². The maximum atomic E-state index is 13.9. The number of piperazine rings is 1. The van der Waals surface area contributed by atoms with E-state index in [-0.39, 0.29) is 30.8 Å². The zero-order valence-electron chi connectivity index (χ0n) is 29.7. The highest BCUT2D eigenvalue weighted by molar-refractivity contribution is 6.37. The molecule has 1 aromatic carbocycles. The minimum absolute atomic E-state index is 0.0140. The van der Waals surface area contributed by atoms with Gasteiger partial charge in [0.2, 0.25) is 23.5 Å². The molecule has 1 aliphatic carbocycles. The van der Waals surface area contributed by atoms with Crippen LogP contribution in [-0.4, -0.2) is 103 Å². The number of nitrogens with one attached hydrogen (secondary N) is 3. The third-order valence-electron chi connectivity index (χ3n) is 8.83. The molecule has 0 radical (unpaired) electrons. The second kappa shape index (κ2) is 17.7. The lowest BCUT2D eigenvalue weighted by Gasteiger charge is -2.36. The lowest BCUT2D eigenvalue weighted by molar-refractivity contribution is -0.143. The second-order valence-corrected chi connectivity index (χ2v) is 14.9. The fraction of sp³-hybridized carbons (Fsp3) is 0.657. The molecule has 49 heavy (non-hydrogen) atoms. The fourth-order valence-corrected chi connectivity index (χ4v) is 6.23. The number of likely N-dealkylation sites (tertiary alicyclic amines) is 1. The van der Waals surface area contributed by atoms with E-state index < -0.39 is 53.1 Å². The number of carbonyl (C=O) groups excluding carboxylic acids is 6. The summed E-state index contributed by atoms with van der Waals surface area (Å²) in [6, 6.07) is 3.93. The van der Waals surface area contributed by atoms with Crippen LogP contribution in [0.5, 0.6) is 0 Å². The van der Waals surface area contributed by atoms with Gasteiger partial charge in [-0.15, -0.1) is 0 Å². The molecule has 1 aromatic rings. The van der Waals surface area contributed by atoms with E-state index in [4.69, 9.17) is 17.3 Å². The molecule has 3 aliphatic rings. The number of hydrogen-bond acceptors (Lipinski definition) is 7. The van der Waals surface area contributed by atoms with Crippen LogP contribution in [0.2, 0.25) is 5.02 Å². The van der Waals surface area contributed by atoms with Gasteiger partial charge < -0.3 is 36.4 Å². The molecule has 5 N–H and O–H groups in total. The zero-order chi connectivity index (χ0) is 36.5. The average Bonchev–Trinajstić information content (AvgIpc) is 3.78. The highest BCUT2D eigenvalue weighted by atomic mass is 35.5. The number of urea groups is 1. The summed E-state index contributed by atoms with van der Waals surface area (Å²) in [5.41, 5.74) is 5.48. The molecule has 0 aromatic heterocycles. The molecule has 3 fully saturated rings. The van der Waals surface area contributed by atoms with Gasteiger partial charge in [0.15, 0.2) is 0 Å². The molecule has 1 saturated carbocycles. The molecule has 2 aliphatic heterocycles. The molecular formula is C35H54ClN7O6. The van der Waals surface area contributed by atoms with Crippen molar-refractivity contribution in [3.8, 4) is 0 Å². The SMILES string of the molecule is CCC.C[C@@H]1CC(C(=O)NC(CC2CC2)C(=O)C(N)=O)N(C(=O)[C@@H](NC(=O)NCC(=O)N2CCN(c3cccc(Cl)c3)CC2)C(C)(C)C)C1. The van der Waals surface area contributed by atoms with Crippen molar-refractivity contribution >= 4 is 52.7 Å². The summed E-state index contributed by atoms with van der Waals surface area (Å²) in [5, 5.41) is 8.64. The van der Waals surface area contributed by atoms with Crippen LogP contribution in [0.15, 0.2) is 24.3 Å². The molecule has 4 rings (SSSR count). The third-order valence-corrected chi connectivity index (χ3v) is 9.07. The Balaban J connectivity index is 0.00000209. The molecule has 6 amide bonds. The van der Waals surface area contributed by atoms with Crippen LogP contribution in [0.4, 0.5) is 10.5 Å². The third kappa shape index (κ3) is 11.6. The molecule has 2 saturated heterocycles. The molecule has 2 heterocycles. The number of amides is 6. The van der Waals surface area contributed by atoms with E-state index in [1.807, 2.05) is 31.2 Å². The van der Waals surface area contributed by atoms with Gasteiger partial charge in [0.05, 0.1) is 12.6 Å². The van der Waals surface area contributed by atoms with Crippen molar-refractivity contribution < 1.29 is 28.8 Å². The minimum atomic E-state index is -1.11. The Morgan fingerprint density at radius 2 is 1.63 bits per heavy atom. The number of Topliss-reactive ketones (excluding diaryl/α,β-unsaturated/α-hetero) is 1. The van der Waals surface area contributed by atoms with Crippen LogP contribution in [0, 0.1) is 17.3 Å². The van der Waals surface area contributed by atoms with Crippen molar-refractivity contribution in [1.82, 2.24) is 25.8 Å². The number of rotatable bonds is 11. The topological polar surface area (TPSA) is 174 Å². The standard InChI is InChI=1S/C32H46ClN7O6.C3H8/c1-19-14-24(29(44)36-23(15-20-8-9-20)26(42)28(34)43)40(18-19)30(45)27(32(2,3)4)37-31(46)35-17-25(41)39-12-10-38(11-13-39)22-7-5-6-21(33)16-22;1-3-2/h5-7,16,19-20,23-24,27H,8-15,17-18H2,1-4H3,(H2,34,43)(H,36,44)(H2,35,37,46);3H2,1-2H3/t19-,23?,24?,27-;/m1./s1. The number of ketones is 1. The van der Waals surface area contributed by atoms with Crippen molar-refractivity contribution in [2.45, 2.75) is 91.8 Å². The fourth-order valence-electron chi connectivity index (χ4n) is 6.05. The summed E-state index contributed by atoms with van der Waals surface area (Å²) in [7, 11) is 0. The number of nitrogens with two attached hydrogens (primary N) is 1. The number of nitrogens with zero attached hydrogens (tertiary/aromatic N) is 3. The number of primary amides is 1. The monoisotopic (exact) mass is 703 g/mol. The lowest BCUT2D eigenvalue weighted by Crippen LogP contribution is -2.60. The Bertz CT molecular complexity index is 1360. The molecule has 272 valence electrons. The summed E-state index contributed by atoms with van der Waals surface area (Å²) in [5.74, 6) is -2.96. The van der Waals surface area contributed by atoms with E-state index in [1.165, 1.54) is 11.3 Å². The van der Waals surface area contributed by atoms with Crippen LogP contribution in [0.1, 0.15) is 73.6 Å². The second-order valence-electron chi connectivity index (χ2n) is 14.5. The van der Waals surface area contributed by atoms with Crippen LogP contribution in [0.25, 0.3) is 0 Å². The normalized spacial score (nSPS) is 20.3. The van der Waals surface area contributed by atoms with Crippen LogP contribution in [0.3, 0.4) is 0 Å². The highest BCUT2D eigenvalue weighted by Crippen LogP contribution is 2.34. The molecule has 2 unspecified atom stereocenters. The Labute approximate surface area is 295 Å². The van der Waals surface area contributed by atoms with E-state index in [1.54, 1.807) is 25.7 Å². The molecule has 13 nitrogen and oxygen atoms in total. The summed E-state index contributed by atoms with van der Waals surface area (Å²) < 4.78 is 0. The van der Waals surface area contributed by atoms with E-state index >= 15 is 0 Å². The Hall–Kier alpha value is -3.87. The molecule has 14 heteroatoms. The van der Waals surface area contributed by atoms with Crippen LogP contribution < -0.4 is 26.6 Å². The summed E-state index contributed by atoms with van der Waals surface area (Å²) >= 11 is 6.11. The van der Waals surface area contributed by atoms with Crippen molar-refractivity contribution in [2.75, 3.05) is 44.2 Å².